The highest BCUT2D eigenvalue weighted by Crippen LogP contribution is 2.07. The van der Waals surface area contributed by atoms with Gasteiger partial charge in [-0.2, -0.15) is 0 Å². The molecule has 2 rings (SSSR count). The summed E-state index contributed by atoms with van der Waals surface area (Å²) in [6.07, 6.45) is 3.40. The van der Waals surface area contributed by atoms with Crippen LogP contribution in [-0.2, 0) is 11.3 Å². The summed E-state index contributed by atoms with van der Waals surface area (Å²) in [4.78, 5) is 30.5. The van der Waals surface area contributed by atoms with E-state index in [0.717, 1.165) is 5.56 Å². The van der Waals surface area contributed by atoms with E-state index >= 15 is 0 Å². The molecule has 1 aromatic heterocycles. The third-order valence-electron chi connectivity index (χ3n) is 3.67. The number of carboxylic acid groups (broad SMARTS) is 1. The standard InChI is InChI=1S/C14H20N4O3/c1-11(13(19)20)17-5-7-18(8-6-17)14(21)16-10-12-3-2-4-15-9-12/h2-4,9,11H,5-8,10H2,1H3,(H,16,21)(H,19,20). The van der Waals surface area contributed by atoms with Crippen molar-refractivity contribution in [3.8, 4) is 0 Å². The first-order chi connectivity index (χ1) is 10.1. The number of amides is 2. The minimum atomic E-state index is -0.829. The van der Waals surface area contributed by atoms with Gasteiger partial charge in [0.25, 0.3) is 0 Å². The van der Waals surface area contributed by atoms with Crippen LogP contribution in [0.1, 0.15) is 12.5 Å². The lowest BCUT2D eigenvalue weighted by molar-refractivity contribution is -0.143. The second kappa shape index (κ2) is 7.03. The number of carboxylic acids is 1. The zero-order chi connectivity index (χ0) is 15.2. The van der Waals surface area contributed by atoms with Gasteiger partial charge in [-0.15, -0.1) is 0 Å². The molecule has 21 heavy (non-hydrogen) atoms. The van der Waals surface area contributed by atoms with Gasteiger partial charge in [0.1, 0.15) is 6.04 Å². The molecule has 1 saturated heterocycles. The van der Waals surface area contributed by atoms with E-state index in [1.165, 1.54) is 0 Å². The van der Waals surface area contributed by atoms with E-state index in [1.54, 1.807) is 24.2 Å². The van der Waals surface area contributed by atoms with Crippen LogP contribution >= 0.6 is 0 Å². The summed E-state index contributed by atoms with van der Waals surface area (Å²) in [6.45, 7) is 4.34. The highest BCUT2D eigenvalue weighted by molar-refractivity contribution is 5.75. The van der Waals surface area contributed by atoms with Crippen molar-refractivity contribution >= 4 is 12.0 Å². The van der Waals surface area contributed by atoms with Gasteiger partial charge < -0.3 is 15.3 Å². The molecule has 2 heterocycles. The minimum absolute atomic E-state index is 0.124. The van der Waals surface area contributed by atoms with Crippen molar-refractivity contribution in [2.45, 2.75) is 19.5 Å². The molecule has 1 aliphatic heterocycles. The average molecular weight is 292 g/mol. The number of urea groups is 1. The summed E-state index contributed by atoms with van der Waals surface area (Å²) in [6, 6.07) is 3.10. The molecule has 2 amide bonds. The Bertz CT molecular complexity index is 486. The van der Waals surface area contributed by atoms with Crippen molar-refractivity contribution in [2.24, 2.45) is 0 Å². The van der Waals surface area contributed by atoms with E-state index in [9.17, 15) is 9.59 Å². The fourth-order valence-corrected chi connectivity index (χ4v) is 2.26. The Morgan fingerprint density at radius 3 is 2.67 bits per heavy atom. The normalized spacial score (nSPS) is 17.3. The van der Waals surface area contributed by atoms with Crippen molar-refractivity contribution in [3.05, 3.63) is 30.1 Å². The van der Waals surface area contributed by atoms with Gasteiger partial charge in [-0.25, -0.2) is 4.79 Å². The van der Waals surface area contributed by atoms with E-state index in [4.69, 9.17) is 5.11 Å². The van der Waals surface area contributed by atoms with Gasteiger partial charge in [0.15, 0.2) is 0 Å². The largest absolute Gasteiger partial charge is 0.480 e. The molecule has 0 bridgehead atoms. The Hall–Kier alpha value is -2.15. The van der Waals surface area contributed by atoms with E-state index in [2.05, 4.69) is 10.3 Å². The highest BCUT2D eigenvalue weighted by atomic mass is 16.4. The van der Waals surface area contributed by atoms with Crippen LogP contribution in [0.25, 0.3) is 0 Å². The summed E-state index contributed by atoms with van der Waals surface area (Å²) in [5.74, 6) is -0.829. The predicted molar refractivity (Wildman–Crippen MR) is 76.7 cm³/mol. The molecule has 0 aliphatic carbocycles. The lowest BCUT2D eigenvalue weighted by atomic mass is 10.2. The maximum absolute atomic E-state index is 12.0. The lowest BCUT2D eigenvalue weighted by Gasteiger charge is -2.36. The number of pyridine rings is 1. The van der Waals surface area contributed by atoms with Crippen LogP contribution in [0.15, 0.2) is 24.5 Å². The first-order valence-corrected chi connectivity index (χ1v) is 6.96. The highest BCUT2D eigenvalue weighted by Gasteiger charge is 2.26. The zero-order valence-electron chi connectivity index (χ0n) is 12.0. The Morgan fingerprint density at radius 2 is 2.10 bits per heavy atom. The second-order valence-corrected chi connectivity index (χ2v) is 5.06. The van der Waals surface area contributed by atoms with Crippen LogP contribution in [0.5, 0.6) is 0 Å². The molecule has 1 unspecified atom stereocenters. The fraction of sp³-hybridized carbons (Fsp3) is 0.500. The van der Waals surface area contributed by atoms with Crippen molar-refractivity contribution in [1.29, 1.82) is 0 Å². The quantitative estimate of drug-likeness (QED) is 0.838. The van der Waals surface area contributed by atoms with Gasteiger partial charge in [-0.3, -0.25) is 14.7 Å². The smallest absolute Gasteiger partial charge is 0.320 e. The van der Waals surface area contributed by atoms with Crippen molar-refractivity contribution in [2.75, 3.05) is 26.2 Å². The third-order valence-corrected chi connectivity index (χ3v) is 3.67. The molecule has 7 heteroatoms. The van der Waals surface area contributed by atoms with E-state index < -0.39 is 12.0 Å². The number of aliphatic carboxylic acids is 1. The molecule has 0 saturated carbocycles. The second-order valence-electron chi connectivity index (χ2n) is 5.06. The predicted octanol–water partition coefficient (Wildman–Crippen LogP) is 0.382. The molecule has 0 aromatic carbocycles. The van der Waals surface area contributed by atoms with Gasteiger partial charge in [0.2, 0.25) is 0 Å². The fourth-order valence-electron chi connectivity index (χ4n) is 2.26. The van der Waals surface area contributed by atoms with E-state index in [1.807, 2.05) is 17.0 Å². The number of hydrogen-bond acceptors (Lipinski definition) is 4. The summed E-state index contributed by atoms with van der Waals surface area (Å²) in [5.41, 5.74) is 0.948. The minimum Gasteiger partial charge on any atom is -0.480 e. The molecule has 114 valence electrons. The Balaban J connectivity index is 1.77. The SMILES string of the molecule is CC(C(=O)O)N1CCN(C(=O)NCc2cccnc2)CC1. The number of hydrogen-bond donors (Lipinski definition) is 2. The number of aromatic nitrogens is 1. The number of piperazine rings is 1. The van der Waals surface area contributed by atoms with Crippen LogP contribution < -0.4 is 5.32 Å². The van der Waals surface area contributed by atoms with Gasteiger partial charge in [0.05, 0.1) is 0 Å². The molecular formula is C14H20N4O3. The summed E-state index contributed by atoms with van der Waals surface area (Å²) < 4.78 is 0. The van der Waals surface area contributed by atoms with Crippen LogP contribution in [0.2, 0.25) is 0 Å². The van der Waals surface area contributed by atoms with Crippen LogP contribution in [0.4, 0.5) is 4.79 Å². The first kappa shape index (κ1) is 15.2. The maximum atomic E-state index is 12.0. The molecule has 1 fully saturated rings. The van der Waals surface area contributed by atoms with Crippen molar-refractivity contribution < 1.29 is 14.7 Å². The zero-order valence-corrected chi connectivity index (χ0v) is 12.0. The third kappa shape index (κ3) is 4.16. The molecule has 2 N–H and O–H groups in total. The van der Waals surface area contributed by atoms with Gasteiger partial charge >= 0.3 is 12.0 Å². The van der Waals surface area contributed by atoms with E-state index in [0.29, 0.717) is 32.7 Å². The van der Waals surface area contributed by atoms with E-state index in [-0.39, 0.29) is 6.03 Å². The van der Waals surface area contributed by atoms with Crippen molar-refractivity contribution in [3.63, 3.8) is 0 Å². The van der Waals surface area contributed by atoms with Crippen LogP contribution in [0.3, 0.4) is 0 Å². The number of nitrogens with one attached hydrogen (secondary N) is 1. The van der Waals surface area contributed by atoms with Gasteiger partial charge in [-0.1, -0.05) is 6.07 Å². The molecule has 1 aromatic rings. The summed E-state index contributed by atoms with van der Waals surface area (Å²) in [7, 11) is 0. The topological polar surface area (TPSA) is 85.8 Å². The van der Waals surface area contributed by atoms with Gasteiger partial charge in [0, 0.05) is 45.1 Å². The molecule has 0 spiro atoms. The molecular weight excluding hydrogens is 272 g/mol. The van der Waals surface area contributed by atoms with Crippen molar-refractivity contribution in [1.82, 2.24) is 20.1 Å². The number of rotatable bonds is 4. The molecule has 1 aliphatic rings. The number of carbonyl (C=O) groups is 2. The van der Waals surface area contributed by atoms with Crippen LogP contribution in [-0.4, -0.2) is 64.1 Å². The number of nitrogens with zero attached hydrogens (tertiary/aromatic N) is 3. The average Bonchev–Trinajstić information content (AvgIpc) is 2.53. The first-order valence-electron chi connectivity index (χ1n) is 6.96. The number of carbonyl (C=O) groups excluding carboxylic acids is 1. The Labute approximate surface area is 123 Å². The maximum Gasteiger partial charge on any atom is 0.320 e. The molecule has 1 atom stereocenters. The summed E-state index contributed by atoms with van der Waals surface area (Å²) >= 11 is 0. The summed E-state index contributed by atoms with van der Waals surface area (Å²) in [5, 5.41) is 11.8. The van der Waals surface area contributed by atoms with Crippen LogP contribution in [0, 0.1) is 0 Å². The molecule has 7 nitrogen and oxygen atoms in total. The molecule has 0 radical (unpaired) electrons. The Kier molecular flexibility index (Phi) is 5.10. The Morgan fingerprint density at radius 1 is 1.38 bits per heavy atom. The monoisotopic (exact) mass is 292 g/mol. The van der Waals surface area contributed by atoms with Gasteiger partial charge in [-0.05, 0) is 18.6 Å². The lowest BCUT2D eigenvalue weighted by Crippen LogP contribution is -2.55.